The van der Waals surface area contributed by atoms with E-state index < -0.39 is 23.3 Å². The molecule has 0 unspecified atom stereocenters. The molecule has 6 nitrogen and oxygen atoms in total. The molecule has 0 aliphatic carbocycles. The average Bonchev–Trinajstić information content (AvgIpc) is 2.24. The molecular weight excluding hydrogens is 263 g/mol. The van der Waals surface area contributed by atoms with Crippen molar-refractivity contribution in [2.24, 2.45) is 11.1 Å². The van der Waals surface area contributed by atoms with Crippen molar-refractivity contribution in [3.8, 4) is 0 Å². The Balaban J connectivity index is 2.91. The summed E-state index contributed by atoms with van der Waals surface area (Å²) in [6.45, 7) is 3.13. The first-order valence-corrected chi connectivity index (χ1v) is 5.28. The van der Waals surface area contributed by atoms with Gasteiger partial charge in [-0.15, -0.1) is 0 Å². The lowest BCUT2D eigenvalue weighted by molar-refractivity contribution is -0.144. The Morgan fingerprint density at radius 1 is 1.37 bits per heavy atom. The summed E-state index contributed by atoms with van der Waals surface area (Å²) in [6, 6.07) is 1.15. The molecule has 9 heteroatoms. The number of hydrogen-bond donors (Lipinski definition) is 3. The van der Waals surface area contributed by atoms with Gasteiger partial charge in [0.2, 0.25) is 11.7 Å². The molecule has 1 amide bonds. The number of carbonyl (C=O) groups is 1. The van der Waals surface area contributed by atoms with Crippen LogP contribution >= 0.6 is 0 Å². The SMILES string of the molecule is CC(C)(CNc1cc(N)nc(C(F)(F)F)n1)C(N)=O. The molecule has 0 radical (unpaired) electrons. The number of nitrogens with zero attached hydrogens (tertiary/aromatic N) is 2. The Labute approximate surface area is 107 Å². The molecule has 1 aromatic rings. The van der Waals surface area contributed by atoms with Crippen molar-refractivity contribution < 1.29 is 18.0 Å². The van der Waals surface area contributed by atoms with E-state index in [0.29, 0.717) is 0 Å². The van der Waals surface area contributed by atoms with E-state index in [9.17, 15) is 18.0 Å². The van der Waals surface area contributed by atoms with Crippen LogP contribution in [0, 0.1) is 5.41 Å². The summed E-state index contributed by atoms with van der Waals surface area (Å²) in [5, 5.41) is 2.59. The summed E-state index contributed by atoms with van der Waals surface area (Å²) in [4.78, 5) is 17.5. The summed E-state index contributed by atoms with van der Waals surface area (Å²) in [7, 11) is 0. The zero-order valence-corrected chi connectivity index (χ0v) is 10.4. The van der Waals surface area contributed by atoms with Crippen LogP contribution < -0.4 is 16.8 Å². The minimum absolute atomic E-state index is 0.0239. The fourth-order valence-corrected chi connectivity index (χ4v) is 1.08. The van der Waals surface area contributed by atoms with Crippen molar-refractivity contribution in [1.29, 1.82) is 0 Å². The quantitative estimate of drug-likeness (QED) is 0.761. The lowest BCUT2D eigenvalue weighted by atomic mass is 9.93. The highest BCUT2D eigenvalue weighted by Crippen LogP contribution is 2.28. The standard InChI is InChI=1S/C10H14F3N5O/c1-9(2,7(15)19)4-16-6-3-5(14)17-8(18-6)10(11,12)13/h3H,4H2,1-2H3,(H2,15,19)(H3,14,16,17,18). The number of hydrogen-bond acceptors (Lipinski definition) is 5. The molecule has 0 spiro atoms. The number of anilines is 2. The lowest BCUT2D eigenvalue weighted by Gasteiger charge is -2.21. The molecule has 0 atom stereocenters. The molecule has 106 valence electrons. The maximum Gasteiger partial charge on any atom is 0.451 e. The third-order valence-electron chi connectivity index (χ3n) is 2.38. The highest BCUT2D eigenvalue weighted by Gasteiger charge is 2.35. The molecule has 1 aromatic heterocycles. The topological polar surface area (TPSA) is 107 Å². The van der Waals surface area contributed by atoms with Crippen LogP contribution in [0.3, 0.4) is 0 Å². The number of halogens is 3. The number of rotatable bonds is 4. The molecule has 0 aromatic carbocycles. The summed E-state index contributed by atoms with van der Waals surface area (Å²) in [6.07, 6.45) is -4.69. The molecule has 1 rings (SSSR count). The minimum Gasteiger partial charge on any atom is -0.384 e. The Hall–Kier alpha value is -2.06. The molecule has 5 N–H and O–H groups in total. The van der Waals surface area contributed by atoms with E-state index in [1.165, 1.54) is 0 Å². The van der Waals surface area contributed by atoms with Crippen LogP contribution in [0.4, 0.5) is 24.8 Å². The fourth-order valence-electron chi connectivity index (χ4n) is 1.08. The number of nitrogen functional groups attached to an aromatic ring is 1. The summed E-state index contributed by atoms with van der Waals surface area (Å²) in [5.41, 5.74) is 9.49. The van der Waals surface area contributed by atoms with Crippen LogP contribution in [0.2, 0.25) is 0 Å². The van der Waals surface area contributed by atoms with E-state index in [1.54, 1.807) is 13.8 Å². The Bertz CT molecular complexity index is 487. The number of carbonyl (C=O) groups excluding carboxylic acids is 1. The Morgan fingerprint density at radius 2 is 1.95 bits per heavy atom. The van der Waals surface area contributed by atoms with Gasteiger partial charge in [0.25, 0.3) is 0 Å². The van der Waals surface area contributed by atoms with E-state index in [1.807, 2.05) is 0 Å². The Morgan fingerprint density at radius 3 is 2.42 bits per heavy atom. The summed E-state index contributed by atoms with van der Waals surface area (Å²) in [5.74, 6) is -2.36. The molecule has 0 saturated carbocycles. The van der Waals surface area contributed by atoms with Gasteiger partial charge in [-0.3, -0.25) is 4.79 Å². The minimum atomic E-state index is -4.69. The molecule has 0 saturated heterocycles. The van der Waals surface area contributed by atoms with Gasteiger partial charge in [0.15, 0.2) is 0 Å². The zero-order chi connectivity index (χ0) is 14.8. The predicted molar refractivity (Wildman–Crippen MR) is 62.9 cm³/mol. The first-order chi connectivity index (χ1) is 8.52. The maximum atomic E-state index is 12.5. The third-order valence-corrected chi connectivity index (χ3v) is 2.38. The first kappa shape index (κ1) is 15.0. The third kappa shape index (κ3) is 3.97. The summed E-state index contributed by atoms with van der Waals surface area (Å²) >= 11 is 0. The van der Waals surface area contributed by atoms with Crippen molar-refractivity contribution in [2.75, 3.05) is 17.6 Å². The van der Waals surface area contributed by atoms with E-state index in [4.69, 9.17) is 11.5 Å². The monoisotopic (exact) mass is 277 g/mol. The van der Waals surface area contributed by atoms with Gasteiger partial charge in [0.05, 0.1) is 5.41 Å². The van der Waals surface area contributed by atoms with Crippen LogP contribution in [0.1, 0.15) is 19.7 Å². The largest absolute Gasteiger partial charge is 0.451 e. The maximum absolute atomic E-state index is 12.5. The molecule has 0 aliphatic rings. The molecule has 19 heavy (non-hydrogen) atoms. The Kier molecular flexibility index (Phi) is 3.87. The van der Waals surface area contributed by atoms with Gasteiger partial charge in [-0.05, 0) is 13.8 Å². The molecule has 0 bridgehead atoms. The van der Waals surface area contributed by atoms with E-state index in [0.717, 1.165) is 6.07 Å². The van der Waals surface area contributed by atoms with Crippen LogP contribution in [0.25, 0.3) is 0 Å². The van der Waals surface area contributed by atoms with Crippen LogP contribution in [0.15, 0.2) is 6.07 Å². The second-order valence-electron chi connectivity index (χ2n) is 4.60. The number of nitrogens with two attached hydrogens (primary N) is 2. The van der Waals surface area contributed by atoms with Crippen molar-refractivity contribution in [1.82, 2.24) is 9.97 Å². The van der Waals surface area contributed by atoms with Crippen molar-refractivity contribution in [3.63, 3.8) is 0 Å². The van der Waals surface area contributed by atoms with Crippen LogP contribution in [-0.2, 0) is 11.0 Å². The van der Waals surface area contributed by atoms with Gasteiger partial charge >= 0.3 is 6.18 Å². The van der Waals surface area contributed by atoms with Gasteiger partial charge in [0.1, 0.15) is 11.6 Å². The molecule has 0 aliphatic heterocycles. The highest BCUT2D eigenvalue weighted by atomic mass is 19.4. The smallest absolute Gasteiger partial charge is 0.384 e. The van der Waals surface area contributed by atoms with E-state index in [-0.39, 0.29) is 18.2 Å². The van der Waals surface area contributed by atoms with Crippen molar-refractivity contribution in [2.45, 2.75) is 20.0 Å². The summed E-state index contributed by atoms with van der Waals surface area (Å²) < 4.78 is 37.4. The normalized spacial score (nSPS) is 12.3. The predicted octanol–water partition coefficient (Wildman–Crippen LogP) is 1.00. The van der Waals surface area contributed by atoms with Gasteiger partial charge in [-0.2, -0.15) is 13.2 Å². The number of alkyl halides is 3. The average molecular weight is 277 g/mol. The molecule has 0 fully saturated rings. The van der Waals surface area contributed by atoms with Crippen LogP contribution in [0.5, 0.6) is 0 Å². The van der Waals surface area contributed by atoms with Crippen molar-refractivity contribution >= 4 is 17.5 Å². The fraction of sp³-hybridized carbons (Fsp3) is 0.500. The second kappa shape index (κ2) is 4.90. The zero-order valence-electron chi connectivity index (χ0n) is 10.4. The lowest BCUT2D eigenvalue weighted by Crippen LogP contribution is -2.37. The van der Waals surface area contributed by atoms with Gasteiger partial charge < -0.3 is 16.8 Å². The van der Waals surface area contributed by atoms with E-state index >= 15 is 0 Å². The highest BCUT2D eigenvalue weighted by molar-refractivity contribution is 5.80. The molecule has 1 heterocycles. The number of amides is 1. The van der Waals surface area contributed by atoms with Gasteiger partial charge in [-0.25, -0.2) is 9.97 Å². The van der Waals surface area contributed by atoms with E-state index in [2.05, 4.69) is 15.3 Å². The first-order valence-electron chi connectivity index (χ1n) is 5.28. The van der Waals surface area contributed by atoms with Crippen LogP contribution in [-0.4, -0.2) is 22.4 Å². The van der Waals surface area contributed by atoms with Gasteiger partial charge in [0, 0.05) is 12.6 Å². The van der Waals surface area contributed by atoms with Crippen molar-refractivity contribution in [3.05, 3.63) is 11.9 Å². The number of aromatic nitrogens is 2. The number of primary amides is 1. The molecular formula is C10H14F3N5O. The second-order valence-corrected chi connectivity index (χ2v) is 4.60. The van der Waals surface area contributed by atoms with Gasteiger partial charge in [-0.1, -0.05) is 0 Å². The number of nitrogens with one attached hydrogen (secondary N) is 1.